The number of ether oxygens (including phenoxy) is 1. The third-order valence-corrected chi connectivity index (χ3v) is 5.11. The smallest absolute Gasteiger partial charge is 0.280 e. The lowest BCUT2D eigenvalue weighted by atomic mass is 10.1. The Morgan fingerprint density at radius 3 is 2.93 bits per heavy atom. The fraction of sp³-hybridized carbons (Fsp3) is 0.238. The maximum Gasteiger partial charge on any atom is 0.280 e. The molecule has 2 aliphatic rings. The highest BCUT2D eigenvalue weighted by atomic mass is 16.5. The zero-order valence-corrected chi connectivity index (χ0v) is 14.9. The standard InChI is InChI=1S/C21H20N4O2.H2/c26-21-18-14-22-19-8-7-16(24-9-11-27-12-10-24)13-17(19)20(18)23-25(21)15-5-3-1-2-4-6-15;/h1,3-8,13-14,23H,2,9-12H2;1H. The SMILES string of the molecule is O=c1c2cnc3ccc(N4CCOCC4)cc3c2[nH]n1C1=CC=CCC=C1.[HH]. The molecule has 138 valence electrons. The van der Waals surface area contributed by atoms with Crippen LogP contribution in [0.4, 0.5) is 5.69 Å². The van der Waals surface area contributed by atoms with Crippen molar-refractivity contribution in [2.24, 2.45) is 0 Å². The van der Waals surface area contributed by atoms with Crippen LogP contribution in [-0.2, 0) is 4.74 Å². The van der Waals surface area contributed by atoms with Gasteiger partial charge in [-0.15, -0.1) is 0 Å². The number of rotatable bonds is 2. The van der Waals surface area contributed by atoms with E-state index < -0.39 is 0 Å². The van der Waals surface area contributed by atoms with Crippen molar-refractivity contribution in [2.45, 2.75) is 6.42 Å². The number of benzene rings is 1. The molecule has 0 saturated carbocycles. The summed E-state index contributed by atoms with van der Waals surface area (Å²) < 4.78 is 7.05. The van der Waals surface area contributed by atoms with Gasteiger partial charge >= 0.3 is 0 Å². The highest BCUT2D eigenvalue weighted by Gasteiger charge is 2.15. The van der Waals surface area contributed by atoms with Crippen molar-refractivity contribution in [1.29, 1.82) is 0 Å². The number of hydrogen-bond donors (Lipinski definition) is 1. The summed E-state index contributed by atoms with van der Waals surface area (Å²) in [6, 6.07) is 6.22. The maximum atomic E-state index is 12.9. The summed E-state index contributed by atoms with van der Waals surface area (Å²) in [6.45, 7) is 3.22. The lowest BCUT2D eigenvalue weighted by Gasteiger charge is -2.29. The number of pyridine rings is 1. The van der Waals surface area contributed by atoms with Crippen LogP contribution in [-0.4, -0.2) is 41.1 Å². The first-order valence-electron chi connectivity index (χ1n) is 9.21. The molecular weight excluding hydrogens is 340 g/mol. The van der Waals surface area contributed by atoms with Gasteiger partial charge in [0, 0.05) is 31.8 Å². The number of nitrogens with zero attached hydrogens (tertiary/aromatic N) is 3. The predicted octanol–water partition coefficient (Wildman–Crippen LogP) is 3.32. The van der Waals surface area contributed by atoms with E-state index in [4.69, 9.17) is 4.74 Å². The second kappa shape index (κ2) is 6.55. The molecule has 0 bridgehead atoms. The number of aromatic amines is 1. The van der Waals surface area contributed by atoms with Crippen LogP contribution in [0.2, 0.25) is 0 Å². The molecule has 6 heteroatoms. The largest absolute Gasteiger partial charge is 0.378 e. The minimum Gasteiger partial charge on any atom is -0.378 e. The van der Waals surface area contributed by atoms with Crippen molar-refractivity contribution in [3.05, 3.63) is 65.1 Å². The van der Waals surface area contributed by atoms with E-state index in [0.717, 1.165) is 60.5 Å². The first-order valence-corrected chi connectivity index (χ1v) is 9.21. The van der Waals surface area contributed by atoms with Crippen molar-refractivity contribution in [2.75, 3.05) is 31.2 Å². The summed E-state index contributed by atoms with van der Waals surface area (Å²) in [5.74, 6) is 0. The fourth-order valence-electron chi connectivity index (χ4n) is 3.66. The van der Waals surface area contributed by atoms with Crippen molar-refractivity contribution < 1.29 is 6.16 Å². The number of hydrogen-bond acceptors (Lipinski definition) is 4. The van der Waals surface area contributed by atoms with Gasteiger partial charge < -0.3 is 9.64 Å². The van der Waals surface area contributed by atoms with Crippen LogP contribution in [0.5, 0.6) is 0 Å². The molecule has 1 aliphatic carbocycles. The summed E-state index contributed by atoms with van der Waals surface area (Å²) in [5.41, 5.74) is 3.57. The number of nitrogens with one attached hydrogen (secondary N) is 1. The highest BCUT2D eigenvalue weighted by molar-refractivity contribution is 6.04. The number of H-pyrrole nitrogens is 1. The van der Waals surface area contributed by atoms with Gasteiger partial charge in [-0.2, -0.15) is 0 Å². The lowest BCUT2D eigenvalue weighted by Crippen LogP contribution is -2.36. The second-order valence-corrected chi connectivity index (χ2v) is 6.76. The summed E-state index contributed by atoms with van der Waals surface area (Å²) in [5, 5.41) is 4.86. The fourth-order valence-corrected chi connectivity index (χ4v) is 3.66. The molecule has 1 aliphatic heterocycles. The van der Waals surface area contributed by atoms with Crippen LogP contribution < -0.4 is 10.5 Å². The van der Waals surface area contributed by atoms with Gasteiger partial charge in [-0.25, -0.2) is 4.68 Å². The Morgan fingerprint density at radius 1 is 1.15 bits per heavy atom. The van der Waals surface area contributed by atoms with E-state index in [-0.39, 0.29) is 6.99 Å². The Balaban J connectivity index is 0.00000192. The number of allylic oxidation sites excluding steroid dienone is 6. The Morgan fingerprint density at radius 2 is 2.04 bits per heavy atom. The maximum absolute atomic E-state index is 12.9. The quantitative estimate of drug-likeness (QED) is 0.760. The topological polar surface area (TPSA) is 63.2 Å². The van der Waals surface area contributed by atoms with E-state index in [1.54, 1.807) is 10.9 Å². The molecule has 0 unspecified atom stereocenters. The third-order valence-electron chi connectivity index (χ3n) is 5.11. The van der Waals surface area contributed by atoms with Crippen LogP contribution in [0.15, 0.2) is 59.6 Å². The monoisotopic (exact) mass is 362 g/mol. The summed E-state index contributed by atoms with van der Waals surface area (Å²) in [7, 11) is 0. The minimum absolute atomic E-state index is 0. The van der Waals surface area contributed by atoms with E-state index in [1.165, 1.54) is 0 Å². The van der Waals surface area contributed by atoms with Crippen molar-refractivity contribution in [3.63, 3.8) is 0 Å². The minimum atomic E-state index is -0.0811. The number of aromatic nitrogens is 3. The van der Waals surface area contributed by atoms with E-state index in [1.807, 2.05) is 30.4 Å². The zero-order valence-electron chi connectivity index (χ0n) is 14.9. The van der Waals surface area contributed by atoms with Crippen LogP contribution >= 0.6 is 0 Å². The molecule has 0 radical (unpaired) electrons. The molecule has 0 spiro atoms. The molecule has 0 amide bonds. The van der Waals surface area contributed by atoms with Crippen LogP contribution in [0.3, 0.4) is 0 Å². The van der Waals surface area contributed by atoms with Gasteiger partial charge in [0.15, 0.2) is 0 Å². The van der Waals surface area contributed by atoms with Crippen LogP contribution in [0, 0.1) is 0 Å². The second-order valence-electron chi connectivity index (χ2n) is 6.76. The average Bonchev–Trinajstić information content (AvgIpc) is 2.88. The molecule has 0 atom stereocenters. The molecule has 2 aromatic heterocycles. The van der Waals surface area contributed by atoms with E-state index in [9.17, 15) is 4.79 Å². The molecule has 3 aromatic rings. The summed E-state index contributed by atoms with van der Waals surface area (Å²) in [6.07, 6.45) is 12.5. The van der Waals surface area contributed by atoms with Gasteiger partial charge in [0.2, 0.25) is 0 Å². The van der Waals surface area contributed by atoms with Gasteiger partial charge in [-0.3, -0.25) is 14.9 Å². The zero-order chi connectivity index (χ0) is 18.2. The predicted molar refractivity (Wildman–Crippen MR) is 110 cm³/mol. The average molecular weight is 362 g/mol. The Labute approximate surface area is 157 Å². The highest BCUT2D eigenvalue weighted by Crippen LogP contribution is 2.26. The van der Waals surface area contributed by atoms with Crippen LogP contribution in [0.1, 0.15) is 7.85 Å². The van der Waals surface area contributed by atoms with Gasteiger partial charge in [-0.05, 0) is 36.8 Å². The normalized spacial score (nSPS) is 17.5. The summed E-state index contributed by atoms with van der Waals surface area (Å²) >= 11 is 0. The van der Waals surface area contributed by atoms with E-state index in [0.29, 0.717) is 5.39 Å². The molecule has 6 nitrogen and oxygen atoms in total. The Kier molecular flexibility index (Phi) is 3.90. The van der Waals surface area contributed by atoms with Crippen molar-refractivity contribution >= 4 is 33.2 Å². The first kappa shape index (κ1) is 16.1. The van der Waals surface area contributed by atoms with E-state index >= 15 is 0 Å². The molecule has 5 rings (SSSR count). The Bertz CT molecular complexity index is 1170. The Hall–Kier alpha value is -3.12. The molecular formula is C21H22N4O2. The first-order chi connectivity index (χ1) is 13.3. The molecule has 1 saturated heterocycles. The number of fused-ring (bicyclic) bond motifs is 3. The van der Waals surface area contributed by atoms with Gasteiger partial charge in [-0.1, -0.05) is 18.2 Å². The van der Waals surface area contributed by atoms with E-state index in [2.05, 4.69) is 33.2 Å². The van der Waals surface area contributed by atoms with Gasteiger partial charge in [0.05, 0.1) is 35.3 Å². The van der Waals surface area contributed by atoms with Crippen LogP contribution in [0.25, 0.3) is 27.5 Å². The molecule has 27 heavy (non-hydrogen) atoms. The van der Waals surface area contributed by atoms with Crippen molar-refractivity contribution in [1.82, 2.24) is 14.8 Å². The molecule has 3 heterocycles. The summed E-state index contributed by atoms with van der Waals surface area (Å²) in [4.78, 5) is 19.7. The molecule has 1 aromatic carbocycles. The van der Waals surface area contributed by atoms with Gasteiger partial charge in [0.1, 0.15) is 0 Å². The molecule has 1 N–H and O–H groups in total. The third kappa shape index (κ3) is 2.78. The van der Waals surface area contributed by atoms with Gasteiger partial charge in [0.25, 0.3) is 5.56 Å². The number of morpholine rings is 1. The lowest BCUT2D eigenvalue weighted by molar-refractivity contribution is 0.122. The van der Waals surface area contributed by atoms with Crippen molar-refractivity contribution in [3.8, 4) is 0 Å². The molecule has 1 fully saturated rings. The number of anilines is 1.